The third-order valence-corrected chi connectivity index (χ3v) is 0.667. The van der Waals surface area contributed by atoms with Gasteiger partial charge in [0, 0.05) is 5.97 Å². The summed E-state index contributed by atoms with van der Waals surface area (Å²) in [4.78, 5) is 8.89. The van der Waals surface area contributed by atoms with Gasteiger partial charge >= 0.3 is 0 Å². The van der Waals surface area contributed by atoms with Crippen molar-refractivity contribution in [1.82, 2.24) is 0 Å². The number of carbonyl (C=O) groups is 1. The van der Waals surface area contributed by atoms with E-state index in [1.165, 1.54) is 0 Å². The minimum absolute atomic E-state index is 0.972. The van der Waals surface area contributed by atoms with Gasteiger partial charge in [-0.2, -0.15) is 0 Å². The predicted octanol–water partition coefficient (Wildman–Crippen LogP) is 0.443. The van der Waals surface area contributed by atoms with Gasteiger partial charge in [-0.3, -0.25) is 0 Å². The van der Waals surface area contributed by atoms with Crippen LogP contribution < -0.4 is 5.11 Å². The van der Waals surface area contributed by atoms with Gasteiger partial charge in [0.1, 0.15) is 0 Å². The molecule has 0 saturated carbocycles. The van der Waals surface area contributed by atoms with E-state index >= 15 is 0 Å². The summed E-state index contributed by atoms with van der Waals surface area (Å²) in [6.45, 7) is 0.972. The molecule has 54 valence electrons. The number of benzene rings is 1. The van der Waals surface area contributed by atoms with E-state index in [2.05, 4.69) is 0 Å². The topological polar surface area (TPSA) is 40.1 Å². The lowest BCUT2D eigenvalue weighted by atomic mass is 10.4. The zero-order valence-electron chi connectivity index (χ0n) is 5.78. The van der Waals surface area contributed by atoms with Crippen molar-refractivity contribution in [2.24, 2.45) is 0 Å². The van der Waals surface area contributed by atoms with Crippen LogP contribution in [-0.4, -0.2) is 5.97 Å². The molecular weight excluding hydrogens is 128 g/mol. The van der Waals surface area contributed by atoms with E-state index < -0.39 is 5.97 Å². The van der Waals surface area contributed by atoms with Gasteiger partial charge in [0.2, 0.25) is 0 Å². The van der Waals surface area contributed by atoms with Gasteiger partial charge in [-0.1, -0.05) is 36.4 Å². The van der Waals surface area contributed by atoms with Crippen molar-refractivity contribution in [3.63, 3.8) is 0 Å². The Morgan fingerprint density at radius 3 is 1.20 bits per heavy atom. The standard InChI is InChI=1S/C6H6.C2H4O2/c1-2-4-6-5-3-1;1-2(3)4/h1-6H;1H3,(H,3,4)/p-1. The molecule has 0 radical (unpaired) electrons. The maximum Gasteiger partial charge on any atom is 0.0383 e. The molecule has 1 aromatic carbocycles. The average Bonchev–Trinajstić information content (AvgIpc) is 1.90. The summed E-state index contributed by atoms with van der Waals surface area (Å²) in [5.74, 6) is -1.08. The summed E-state index contributed by atoms with van der Waals surface area (Å²) >= 11 is 0. The van der Waals surface area contributed by atoms with Crippen molar-refractivity contribution in [1.29, 1.82) is 0 Å². The summed E-state index contributed by atoms with van der Waals surface area (Å²) in [5.41, 5.74) is 0. The molecule has 0 aromatic heterocycles. The number of carboxylic acids is 1. The van der Waals surface area contributed by atoms with Crippen LogP contribution in [0.3, 0.4) is 0 Å². The van der Waals surface area contributed by atoms with Crippen LogP contribution in [0.4, 0.5) is 0 Å². The molecule has 0 aliphatic rings. The fourth-order valence-corrected chi connectivity index (χ4v) is 0.385. The monoisotopic (exact) mass is 137 g/mol. The smallest absolute Gasteiger partial charge is 0.0383 e. The molecule has 0 aliphatic heterocycles. The van der Waals surface area contributed by atoms with E-state index in [4.69, 9.17) is 9.90 Å². The van der Waals surface area contributed by atoms with E-state index in [1.807, 2.05) is 36.4 Å². The number of hydrogen-bond acceptors (Lipinski definition) is 2. The van der Waals surface area contributed by atoms with Gasteiger partial charge in [0.05, 0.1) is 0 Å². The maximum atomic E-state index is 8.89. The van der Waals surface area contributed by atoms with Crippen molar-refractivity contribution in [3.05, 3.63) is 36.4 Å². The Bertz CT molecular complexity index is 139. The highest BCUT2D eigenvalue weighted by Gasteiger charge is 1.57. The molecule has 0 amide bonds. The Hall–Kier alpha value is -1.31. The fourth-order valence-electron chi connectivity index (χ4n) is 0.385. The van der Waals surface area contributed by atoms with E-state index in [0.29, 0.717) is 0 Å². The van der Waals surface area contributed by atoms with Crippen LogP contribution in [0.2, 0.25) is 0 Å². The molecule has 0 unspecified atom stereocenters. The number of hydrogen-bond donors (Lipinski definition) is 0. The summed E-state index contributed by atoms with van der Waals surface area (Å²) < 4.78 is 0. The van der Waals surface area contributed by atoms with Crippen LogP contribution in [-0.2, 0) is 4.79 Å². The largest absolute Gasteiger partial charge is 0.550 e. The molecule has 0 atom stereocenters. The van der Waals surface area contributed by atoms with Gasteiger partial charge < -0.3 is 9.90 Å². The summed E-state index contributed by atoms with van der Waals surface area (Å²) in [6, 6.07) is 12.0. The lowest BCUT2D eigenvalue weighted by Gasteiger charge is -1.77. The first kappa shape index (κ1) is 8.69. The minimum atomic E-state index is -1.08. The van der Waals surface area contributed by atoms with Crippen molar-refractivity contribution in [3.8, 4) is 0 Å². The lowest BCUT2D eigenvalue weighted by Crippen LogP contribution is -2.16. The molecule has 1 aromatic rings. The molecule has 1 rings (SSSR count). The second-order valence-electron chi connectivity index (χ2n) is 1.65. The molecule has 0 fully saturated rings. The summed E-state index contributed by atoms with van der Waals surface area (Å²) in [5, 5.41) is 8.89. The predicted molar refractivity (Wildman–Crippen MR) is 37.1 cm³/mol. The maximum absolute atomic E-state index is 8.89. The molecule has 2 nitrogen and oxygen atoms in total. The Labute approximate surface area is 60.1 Å². The molecule has 0 N–H and O–H groups in total. The summed E-state index contributed by atoms with van der Waals surface area (Å²) in [6.07, 6.45) is 0. The van der Waals surface area contributed by atoms with Gasteiger partial charge in [0.25, 0.3) is 0 Å². The van der Waals surface area contributed by atoms with Gasteiger partial charge in [-0.15, -0.1) is 0 Å². The first-order valence-electron chi connectivity index (χ1n) is 2.91. The minimum Gasteiger partial charge on any atom is -0.550 e. The average molecular weight is 137 g/mol. The zero-order valence-corrected chi connectivity index (χ0v) is 5.78. The zero-order chi connectivity index (χ0) is 7.82. The number of carboxylic acid groups (broad SMARTS) is 1. The molecule has 10 heavy (non-hydrogen) atoms. The first-order chi connectivity index (χ1) is 4.73. The van der Waals surface area contributed by atoms with Crippen LogP contribution in [0.15, 0.2) is 36.4 Å². The quantitative estimate of drug-likeness (QED) is 0.520. The van der Waals surface area contributed by atoms with Crippen LogP contribution in [0.25, 0.3) is 0 Å². The number of rotatable bonds is 0. The third-order valence-electron chi connectivity index (χ3n) is 0.667. The highest BCUT2D eigenvalue weighted by atomic mass is 16.4. The molecule has 2 heteroatoms. The molecule has 0 bridgehead atoms. The lowest BCUT2D eigenvalue weighted by molar-refractivity contribution is -0.302. The molecule has 0 spiro atoms. The van der Waals surface area contributed by atoms with Gasteiger partial charge in [-0.25, -0.2) is 0 Å². The van der Waals surface area contributed by atoms with Crippen LogP contribution >= 0.6 is 0 Å². The Balaban J connectivity index is 0.000000180. The second kappa shape index (κ2) is 5.82. The summed E-state index contributed by atoms with van der Waals surface area (Å²) in [7, 11) is 0. The van der Waals surface area contributed by atoms with Crippen molar-refractivity contribution >= 4 is 5.97 Å². The number of aliphatic carboxylic acids is 1. The second-order valence-corrected chi connectivity index (χ2v) is 1.65. The van der Waals surface area contributed by atoms with Crippen molar-refractivity contribution in [2.75, 3.05) is 0 Å². The van der Waals surface area contributed by atoms with Crippen LogP contribution in [0.5, 0.6) is 0 Å². The molecular formula is C8H9O2-. The normalized spacial score (nSPS) is 7.30. The Morgan fingerprint density at radius 1 is 1.00 bits per heavy atom. The molecule has 0 heterocycles. The van der Waals surface area contributed by atoms with Crippen molar-refractivity contribution in [2.45, 2.75) is 6.92 Å². The van der Waals surface area contributed by atoms with E-state index in [-0.39, 0.29) is 0 Å². The Morgan fingerprint density at radius 2 is 1.10 bits per heavy atom. The fraction of sp³-hybridized carbons (Fsp3) is 0.125. The Kier molecular flexibility index (Phi) is 5.06. The van der Waals surface area contributed by atoms with Crippen LogP contribution in [0.1, 0.15) is 6.92 Å². The van der Waals surface area contributed by atoms with Gasteiger partial charge in [-0.05, 0) is 6.92 Å². The van der Waals surface area contributed by atoms with Crippen molar-refractivity contribution < 1.29 is 9.90 Å². The van der Waals surface area contributed by atoms with E-state index in [9.17, 15) is 0 Å². The highest BCUT2D eigenvalue weighted by molar-refractivity contribution is 5.60. The van der Waals surface area contributed by atoms with E-state index in [1.54, 1.807) is 0 Å². The van der Waals surface area contributed by atoms with Crippen LogP contribution in [0, 0.1) is 0 Å². The highest BCUT2D eigenvalue weighted by Crippen LogP contribution is 1.79. The molecule has 0 aliphatic carbocycles. The van der Waals surface area contributed by atoms with E-state index in [0.717, 1.165) is 6.92 Å². The third kappa shape index (κ3) is 9.85. The molecule has 0 saturated heterocycles. The first-order valence-corrected chi connectivity index (χ1v) is 2.91. The SMILES string of the molecule is CC(=O)[O-].c1ccccc1. The van der Waals surface area contributed by atoms with Gasteiger partial charge in [0.15, 0.2) is 0 Å². The number of carbonyl (C=O) groups excluding carboxylic acids is 1.